The molecule has 0 saturated carbocycles. The molecular formula is C14H18FNO3. The SMILES string of the molecule is Cc1cc(CNC(=O)CCCCC(=O)O)ccc1F. The number of carboxylic acids is 1. The molecule has 1 rings (SSSR count). The van der Waals surface area contributed by atoms with Crippen molar-refractivity contribution >= 4 is 11.9 Å². The Morgan fingerprint density at radius 3 is 2.58 bits per heavy atom. The molecule has 1 aromatic carbocycles. The van der Waals surface area contributed by atoms with Gasteiger partial charge in [0.15, 0.2) is 0 Å². The lowest BCUT2D eigenvalue weighted by molar-refractivity contribution is -0.137. The number of aryl methyl sites for hydroxylation is 1. The van der Waals surface area contributed by atoms with Gasteiger partial charge in [-0.15, -0.1) is 0 Å². The van der Waals surface area contributed by atoms with Crippen LogP contribution in [0.2, 0.25) is 0 Å². The zero-order valence-corrected chi connectivity index (χ0v) is 10.9. The van der Waals surface area contributed by atoms with Crippen molar-refractivity contribution in [2.24, 2.45) is 0 Å². The molecule has 0 aliphatic carbocycles. The van der Waals surface area contributed by atoms with E-state index in [0.717, 1.165) is 5.56 Å². The minimum Gasteiger partial charge on any atom is -0.481 e. The Balaban J connectivity index is 2.26. The Bertz CT molecular complexity index is 460. The van der Waals surface area contributed by atoms with Gasteiger partial charge in [-0.05, 0) is 37.0 Å². The molecule has 0 unspecified atom stereocenters. The van der Waals surface area contributed by atoms with Crippen molar-refractivity contribution in [1.29, 1.82) is 0 Å². The van der Waals surface area contributed by atoms with Crippen LogP contribution < -0.4 is 5.32 Å². The molecule has 0 spiro atoms. The number of aliphatic carboxylic acids is 1. The van der Waals surface area contributed by atoms with Crippen LogP contribution in [0.25, 0.3) is 0 Å². The Morgan fingerprint density at radius 1 is 1.26 bits per heavy atom. The summed E-state index contributed by atoms with van der Waals surface area (Å²) in [5.74, 6) is -1.22. The third-order valence-corrected chi connectivity index (χ3v) is 2.76. The van der Waals surface area contributed by atoms with E-state index in [1.165, 1.54) is 6.07 Å². The van der Waals surface area contributed by atoms with Crippen molar-refractivity contribution in [2.75, 3.05) is 0 Å². The molecule has 19 heavy (non-hydrogen) atoms. The van der Waals surface area contributed by atoms with Crippen LogP contribution in [0.5, 0.6) is 0 Å². The van der Waals surface area contributed by atoms with Crippen molar-refractivity contribution in [3.8, 4) is 0 Å². The fraction of sp³-hybridized carbons (Fsp3) is 0.429. The van der Waals surface area contributed by atoms with Gasteiger partial charge < -0.3 is 10.4 Å². The van der Waals surface area contributed by atoms with Gasteiger partial charge in [-0.2, -0.15) is 0 Å². The van der Waals surface area contributed by atoms with Crippen LogP contribution in [0.15, 0.2) is 18.2 Å². The highest BCUT2D eigenvalue weighted by molar-refractivity contribution is 5.75. The molecule has 0 atom stereocenters. The molecule has 0 fully saturated rings. The second-order valence-electron chi connectivity index (χ2n) is 4.46. The molecule has 0 heterocycles. The molecular weight excluding hydrogens is 249 g/mol. The number of unbranched alkanes of at least 4 members (excludes halogenated alkanes) is 1. The second kappa shape index (κ2) is 7.51. The van der Waals surface area contributed by atoms with E-state index in [-0.39, 0.29) is 18.1 Å². The maximum atomic E-state index is 13.0. The number of carboxylic acid groups (broad SMARTS) is 1. The van der Waals surface area contributed by atoms with Gasteiger partial charge in [0, 0.05) is 19.4 Å². The first-order valence-electron chi connectivity index (χ1n) is 6.22. The molecule has 0 bridgehead atoms. The number of benzene rings is 1. The van der Waals surface area contributed by atoms with Gasteiger partial charge >= 0.3 is 5.97 Å². The number of halogens is 1. The van der Waals surface area contributed by atoms with Gasteiger partial charge in [-0.3, -0.25) is 9.59 Å². The van der Waals surface area contributed by atoms with Crippen LogP contribution in [0, 0.1) is 12.7 Å². The van der Waals surface area contributed by atoms with Gasteiger partial charge in [-0.1, -0.05) is 12.1 Å². The largest absolute Gasteiger partial charge is 0.481 e. The maximum Gasteiger partial charge on any atom is 0.303 e. The van der Waals surface area contributed by atoms with Crippen LogP contribution in [-0.4, -0.2) is 17.0 Å². The predicted molar refractivity (Wildman–Crippen MR) is 69.1 cm³/mol. The molecule has 104 valence electrons. The molecule has 0 radical (unpaired) electrons. The number of rotatable bonds is 7. The van der Waals surface area contributed by atoms with E-state index < -0.39 is 5.97 Å². The number of carbonyl (C=O) groups excluding carboxylic acids is 1. The lowest BCUT2D eigenvalue weighted by Crippen LogP contribution is -2.22. The summed E-state index contributed by atoms with van der Waals surface area (Å²) in [6, 6.07) is 4.71. The Hall–Kier alpha value is -1.91. The van der Waals surface area contributed by atoms with Crippen LogP contribution in [0.4, 0.5) is 4.39 Å². The first-order valence-corrected chi connectivity index (χ1v) is 6.22. The minimum atomic E-state index is -0.845. The van der Waals surface area contributed by atoms with Crippen LogP contribution in [-0.2, 0) is 16.1 Å². The lowest BCUT2D eigenvalue weighted by atomic mass is 10.1. The highest BCUT2D eigenvalue weighted by Gasteiger charge is 2.04. The fourth-order valence-electron chi connectivity index (χ4n) is 1.67. The van der Waals surface area contributed by atoms with E-state index in [9.17, 15) is 14.0 Å². The van der Waals surface area contributed by atoms with Crippen molar-refractivity contribution in [2.45, 2.75) is 39.2 Å². The van der Waals surface area contributed by atoms with Gasteiger partial charge in [0.25, 0.3) is 0 Å². The monoisotopic (exact) mass is 267 g/mol. The van der Waals surface area contributed by atoms with Crippen LogP contribution >= 0.6 is 0 Å². The molecule has 2 N–H and O–H groups in total. The summed E-state index contributed by atoms with van der Waals surface area (Å²) in [6.07, 6.45) is 1.46. The zero-order chi connectivity index (χ0) is 14.3. The number of amides is 1. The highest BCUT2D eigenvalue weighted by atomic mass is 19.1. The van der Waals surface area contributed by atoms with E-state index in [1.807, 2.05) is 0 Å². The Labute approximate surface area is 111 Å². The number of hydrogen-bond acceptors (Lipinski definition) is 2. The molecule has 0 saturated heterocycles. The van der Waals surface area contributed by atoms with Crippen LogP contribution in [0.1, 0.15) is 36.8 Å². The quantitative estimate of drug-likeness (QED) is 0.745. The molecule has 0 aliphatic heterocycles. The smallest absolute Gasteiger partial charge is 0.303 e. The fourth-order valence-corrected chi connectivity index (χ4v) is 1.67. The average Bonchev–Trinajstić information content (AvgIpc) is 2.36. The van der Waals surface area contributed by atoms with Gasteiger partial charge in [-0.25, -0.2) is 4.39 Å². The molecule has 0 aliphatic rings. The first kappa shape index (κ1) is 15.1. The van der Waals surface area contributed by atoms with Crippen molar-refractivity contribution < 1.29 is 19.1 Å². The van der Waals surface area contributed by atoms with E-state index >= 15 is 0 Å². The van der Waals surface area contributed by atoms with Gasteiger partial charge in [0.2, 0.25) is 5.91 Å². The van der Waals surface area contributed by atoms with Crippen molar-refractivity contribution in [1.82, 2.24) is 5.32 Å². The van der Waals surface area contributed by atoms with E-state index in [4.69, 9.17) is 5.11 Å². The maximum absolute atomic E-state index is 13.0. The standard InChI is InChI=1S/C14H18FNO3/c1-10-8-11(6-7-12(10)15)9-16-13(17)4-2-3-5-14(18)19/h6-8H,2-5,9H2,1H3,(H,16,17)(H,18,19). The summed E-state index contributed by atoms with van der Waals surface area (Å²) in [6.45, 7) is 2.03. The molecule has 0 aromatic heterocycles. The van der Waals surface area contributed by atoms with E-state index in [2.05, 4.69) is 5.32 Å². The lowest BCUT2D eigenvalue weighted by Gasteiger charge is -2.06. The molecule has 1 aromatic rings. The van der Waals surface area contributed by atoms with Gasteiger partial charge in [0.05, 0.1) is 0 Å². The number of hydrogen-bond donors (Lipinski definition) is 2. The van der Waals surface area contributed by atoms with Crippen molar-refractivity contribution in [3.05, 3.63) is 35.1 Å². The third-order valence-electron chi connectivity index (χ3n) is 2.76. The third kappa shape index (κ3) is 5.99. The first-order chi connectivity index (χ1) is 8.99. The Kier molecular flexibility index (Phi) is 5.99. The minimum absolute atomic E-state index is 0.0877. The number of nitrogens with one attached hydrogen (secondary N) is 1. The second-order valence-corrected chi connectivity index (χ2v) is 4.46. The predicted octanol–water partition coefficient (Wildman–Crippen LogP) is 2.40. The van der Waals surface area contributed by atoms with E-state index in [1.54, 1.807) is 19.1 Å². The summed E-state index contributed by atoms with van der Waals surface area (Å²) >= 11 is 0. The topological polar surface area (TPSA) is 66.4 Å². The summed E-state index contributed by atoms with van der Waals surface area (Å²) in [7, 11) is 0. The number of carbonyl (C=O) groups is 2. The average molecular weight is 267 g/mol. The normalized spacial score (nSPS) is 10.2. The summed E-state index contributed by atoms with van der Waals surface area (Å²) < 4.78 is 13.0. The summed E-state index contributed by atoms with van der Waals surface area (Å²) in [5, 5.41) is 11.2. The molecule has 4 nitrogen and oxygen atoms in total. The zero-order valence-electron chi connectivity index (χ0n) is 10.9. The molecule has 5 heteroatoms. The van der Waals surface area contributed by atoms with Gasteiger partial charge in [0.1, 0.15) is 5.82 Å². The Morgan fingerprint density at radius 2 is 1.95 bits per heavy atom. The highest BCUT2D eigenvalue weighted by Crippen LogP contribution is 2.09. The summed E-state index contributed by atoms with van der Waals surface area (Å²) in [4.78, 5) is 21.8. The molecule has 1 amide bonds. The summed E-state index contributed by atoms with van der Waals surface area (Å²) in [5.41, 5.74) is 1.39. The van der Waals surface area contributed by atoms with Crippen LogP contribution in [0.3, 0.4) is 0 Å². The van der Waals surface area contributed by atoms with Crippen molar-refractivity contribution in [3.63, 3.8) is 0 Å². The van der Waals surface area contributed by atoms with E-state index in [0.29, 0.717) is 31.4 Å².